The predicted molar refractivity (Wildman–Crippen MR) is 33.4 cm³/mol. The molecule has 11 heavy (non-hydrogen) atoms. The maximum Gasteiger partial charge on any atom is 0.317 e. The summed E-state index contributed by atoms with van der Waals surface area (Å²) in [6, 6.07) is 0. The van der Waals surface area contributed by atoms with Crippen molar-refractivity contribution in [2.45, 2.75) is 0 Å². The number of hydrogen-bond donors (Lipinski definition) is 4. The molecule has 0 aromatic carbocycles. The van der Waals surface area contributed by atoms with E-state index in [4.69, 9.17) is 10.2 Å². The Labute approximate surface area is 74.0 Å². The summed E-state index contributed by atoms with van der Waals surface area (Å²) in [6.45, 7) is -0.556. The molecule has 0 rings (SSSR count). The SMILES string of the molecule is NCC(=O)O.NCC(=O)O.[Fe]. The number of hydrogen-bond acceptors (Lipinski definition) is 4. The molecule has 7 heteroatoms. The van der Waals surface area contributed by atoms with Crippen LogP contribution in [0.15, 0.2) is 0 Å². The third-order valence-corrected chi connectivity index (χ3v) is 0.349. The van der Waals surface area contributed by atoms with Gasteiger partial charge in [-0.2, -0.15) is 0 Å². The van der Waals surface area contributed by atoms with Crippen LogP contribution in [0, 0.1) is 0 Å². The predicted octanol–water partition coefficient (Wildman–Crippen LogP) is -1.94. The van der Waals surface area contributed by atoms with E-state index in [0.717, 1.165) is 0 Å². The third kappa shape index (κ3) is 44.7. The number of carbonyl (C=O) groups is 2. The molecule has 0 aromatic heterocycles. The average Bonchev–Trinajstić information content (AvgIpc) is 1.89. The van der Waals surface area contributed by atoms with Crippen molar-refractivity contribution in [3.05, 3.63) is 0 Å². The zero-order valence-electron chi connectivity index (χ0n) is 5.63. The van der Waals surface area contributed by atoms with Gasteiger partial charge in [-0.1, -0.05) is 0 Å². The van der Waals surface area contributed by atoms with Gasteiger partial charge in [-0.25, -0.2) is 0 Å². The second-order valence-corrected chi connectivity index (χ2v) is 1.20. The molecule has 0 fully saturated rings. The van der Waals surface area contributed by atoms with E-state index in [1.807, 2.05) is 0 Å². The molecule has 0 saturated carbocycles. The maximum atomic E-state index is 9.24. The van der Waals surface area contributed by atoms with Crippen LogP contribution in [0.4, 0.5) is 0 Å². The van der Waals surface area contributed by atoms with Crippen LogP contribution in [0.2, 0.25) is 0 Å². The van der Waals surface area contributed by atoms with Gasteiger partial charge in [-0.3, -0.25) is 9.59 Å². The normalized spacial score (nSPS) is 6.73. The standard InChI is InChI=1S/2C2H5NO2.Fe/c2*3-1-2(4)5;/h2*1,3H2,(H,4,5);. The van der Waals surface area contributed by atoms with Gasteiger partial charge >= 0.3 is 11.9 Å². The van der Waals surface area contributed by atoms with E-state index in [-0.39, 0.29) is 30.2 Å². The zero-order valence-corrected chi connectivity index (χ0v) is 6.74. The largest absolute Gasteiger partial charge is 0.480 e. The summed E-state index contributed by atoms with van der Waals surface area (Å²) in [6.07, 6.45) is 0. The van der Waals surface area contributed by atoms with E-state index < -0.39 is 11.9 Å². The van der Waals surface area contributed by atoms with E-state index in [0.29, 0.717) is 0 Å². The fraction of sp³-hybridized carbons (Fsp3) is 0.500. The van der Waals surface area contributed by atoms with Gasteiger partial charge in [0.25, 0.3) is 0 Å². The number of nitrogens with two attached hydrogens (primary N) is 2. The maximum absolute atomic E-state index is 9.24. The summed E-state index contributed by atoms with van der Waals surface area (Å²) >= 11 is 0. The van der Waals surface area contributed by atoms with E-state index in [9.17, 15) is 9.59 Å². The molecule has 0 bridgehead atoms. The van der Waals surface area contributed by atoms with Crippen LogP contribution in [0.3, 0.4) is 0 Å². The molecule has 0 aliphatic carbocycles. The van der Waals surface area contributed by atoms with Crippen molar-refractivity contribution >= 4 is 11.9 Å². The monoisotopic (exact) mass is 206 g/mol. The van der Waals surface area contributed by atoms with Gasteiger partial charge < -0.3 is 21.7 Å². The molecule has 0 aliphatic heterocycles. The summed E-state index contributed by atoms with van der Waals surface area (Å²) < 4.78 is 0. The van der Waals surface area contributed by atoms with Crippen molar-refractivity contribution in [3.63, 3.8) is 0 Å². The number of aliphatic carboxylic acids is 2. The Bertz CT molecular complexity index is 105. The number of carboxylic acids is 2. The minimum absolute atomic E-state index is 0. The Morgan fingerprint density at radius 2 is 1.09 bits per heavy atom. The Morgan fingerprint density at radius 1 is 1.00 bits per heavy atom. The Kier molecular flexibility index (Phi) is 18.4. The molecule has 6 N–H and O–H groups in total. The van der Waals surface area contributed by atoms with Crippen molar-refractivity contribution in [3.8, 4) is 0 Å². The van der Waals surface area contributed by atoms with Crippen molar-refractivity contribution in [1.82, 2.24) is 0 Å². The van der Waals surface area contributed by atoms with Crippen LogP contribution >= 0.6 is 0 Å². The Morgan fingerprint density at radius 3 is 1.09 bits per heavy atom. The van der Waals surface area contributed by atoms with Gasteiger partial charge in [0, 0.05) is 17.1 Å². The van der Waals surface area contributed by atoms with E-state index >= 15 is 0 Å². The van der Waals surface area contributed by atoms with Gasteiger partial charge in [0.05, 0.1) is 13.1 Å². The molecular weight excluding hydrogens is 196 g/mol. The van der Waals surface area contributed by atoms with Crippen molar-refractivity contribution in [1.29, 1.82) is 0 Å². The summed E-state index contributed by atoms with van der Waals surface area (Å²) in [5.74, 6) is -1.94. The summed E-state index contributed by atoms with van der Waals surface area (Å²) in [4.78, 5) is 18.5. The molecule has 0 aromatic rings. The minimum Gasteiger partial charge on any atom is -0.480 e. The smallest absolute Gasteiger partial charge is 0.317 e. The second-order valence-electron chi connectivity index (χ2n) is 1.20. The quantitative estimate of drug-likeness (QED) is 0.389. The molecule has 0 atom stereocenters. The molecular formula is C4H10FeN2O4. The summed E-state index contributed by atoms with van der Waals surface area (Å²) in [7, 11) is 0. The van der Waals surface area contributed by atoms with Gasteiger partial charge in [-0.15, -0.1) is 0 Å². The fourth-order valence-corrected chi connectivity index (χ4v) is 0. The van der Waals surface area contributed by atoms with Crippen LogP contribution in [0.25, 0.3) is 0 Å². The topological polar surface area (TPSA) is 127 Å². The molecule has 0 aliphatic rings. The summed E-state index contributed by atoms with van der Waals surface area (Å²) in [5.41, 5.74) is 9.14. The van der Waals surface area contributed by atoms with Gasteiger partial charge in [0.2, 0.25) is 0 Å². The molecule has 6 nitrogen and oxygen atoms in total. The number of rotatable bonds is 2. The van der Waals surface area contributed by atoms with Crippen LogP contribution in [-0.2, 0) is 26.7 Å². The van der Waals surface area contributed by atoms with Crippen molar-refractivity contribution in [2.24, 2.45) is 11.5 Å². The molecule has 0 saturated heterocycles. The molecule has 0 heterocycles. The average molecular weight is 206 g/mol. The van der Waals surface area contributed by atoms with Crippen LogP contribution in [-0.4, -0.2) is 35.2 Å². The first-order valence-electron chi connectivity index (χ1n) is 2.38. The molecule has 0 unspecified atom stereocenters. The first-order valence-corrected chi connectivity index (χ1v) is 2.38. The Balaban J connectivity index is -0.000000107. The zero-order chi connectivity index (χ0) is 8.57. The fourth-order valence-electron chi connectivity index (χ4n) is 0. The third-order valence-electron chi connectivity index (χ3n) is 0.349. The van der Waals surface area contributed by atoms with Crippen LogP contribution in [0.1, 0.15) is 0 Å². The van der Waals surface area contributed by atoms with Gasteiger partial charge in [0.1, 0.15) is 0 Å². The second kappa shape index (κ2) is 12.1. The number of carboxylic acid groups (broad SMARTS) is 2. The molecule has 0 radical (unpaired) electrons. The first-order chi connectivity index (χ1) is 4.54. The van der Waals surface area contributed by atoms with Crippen LogP contribution in [0.5, 0.6) is 0 Å². The molecule has 0 amide bonds. The van der Waals surface area contributed by atoms with Crippen LogP contribution < -0.4 is 11.5 Å². The van der Waals surface area contributed by atoms with Crippen molar-refractivity contribution in [2.75, 3.05) is 13.1 Å². The first kappa shape index (κ1) is 16.8. The summed E-state index contributed by atoms with van der Waals surface area (Å²) in [5, 5.41) is 15.2. The van der Waals surface area contributed by atoms with Crippen molar-refractivity contribution < 1.29 is 36.9 Å². The Hall–Kier alpha value is -0.621. The van der Waals surface area contributed by atoms with E-state index in [1.54, 1.807) is 0 Å². The minimum atomic E-state index is -0.968. The molecule has 68 valence electrons. The van der Waals surface area contributed by atoms with E-state index in [1.165, 1.54) is 0 Å². The van der Waals surface area contributed by atoms with Gasteiger partial charge in [0.15, 0.2) is 0 Å². The molecule has 0 spiro atoms. The van der Waals surface area contributed by atoms with Gasteiger partial charge in [-0.05, 0) is 0 Å². The van der Waals surface area contributed by atoms with E-state index in [2.05, 4.69) is 11.5 Å².